The smallest absolute Gasteiger partial charge is 0.264 e. The van der Waals surface area contributed by atoms with E-state index in [2.05, 4.69) is 21.2 Å². The summed E-state index contributed by atoms with van der Waals surface area (Å²) < 4.78 is 28.5. The molecule has 0 spiro atoms. The first-order chi connectivity index (χ1) is 14.4. The van der Waals surface area contributed by atoms with Crippen LogP contribution in [0.3, 0.4) is 0 Å². The van der Waals surface area contributed by atoms with Gasteiger partial charge in [-0.25, -0.2) is 8.42 Å². The zero-order valence-corrected chi connectivity index (χ0v) is 19.5. The molecule has 30 heavy (non-hydrogen) atoms. The third kappa shape index (κ3) is 5.44. The Morgan fingerprint density at radius 1 is 1.00 bits per heavy atom. The van der Waals surface area contributed by atoms with E-state index in [0.717, 1.165) is 19.4 Å². The molecule has 0 aromatic heterocycles. The quantitative estimate of drug-likeness (QED) is 0.417. The van der Waals surface area contributed by atoms with E-state index in [9.17, 15) is 13.2 Å². The van der Waals surface area contributed by atoms with Crippen molar-refractivity contribution in [2.45, 2.75) is 16.7 Å². The summed E-state index contributed by atoms with van der Waals surface area (Å²) in [7, 11) is -3.93. The number of benzene rings is 3. The summed E-state index contributed by atoms with van der Waals surface area (Å²) in [6.07, 6.45) is 0. The van der Waals surface area contributed by atoms with Crippen molar-refractivity contribution in [3.63, 3.8) is 0 Å². The number of thioether (sulfide) groups is 1. The highest BCUT2D eigenvalue weighted by atomic mass is 79.9. The van der Waals surface area contributed by atoms with E-state index in [1.807, 2.05) is 31.2 Å². The highest BCUT2D eigenvalue weighted by molar-refractivity contribution is 9.10. The summed E-state index contributed by atoms with van der Waals surface area (Å²) in [5.74, 6) is 0.443. The van der Waals surface area contributed by atoms with Gasteiger partial charge >= 0.3 is 0 Å². The fourth-order valence-electron chi connectivity index (χ4n) is 2.84. The van der Waals surface area contributed by atoms with Crippen molar-refractivity contribution in [3.05, 3.63) is 83.3 Å². The third-order valence-corrected chi connectivity index (χ3v) is 7.41. The van der Waals surface area contributed by atoms with Crippen molar-refractivity contribution < 1.29 is 13.2 Å². The second-order valence-electron chi connectivity index (χ2n) is 6.28. The molecule has 0 saturated heterocycles. The molecule has 0 aliphatic carbocycles. The van der Waals surface area contributed by atoms with Gasteiger partial charge in [-0.05, 0) is 48.2 Å². The standard InChI is InChI=1S/C22H21BrN2O3S2/c1-2-29-21-14-7-6-13-20(21)24-22(26)16-25(18-10-8-9-17(23)15-18)30(27,28)19-11-4-3-5-12-19/h3-15H,2,16H2,1H3,(H,24,26). The summed E-state index contributed by atoms with van der Waals surface area (Å²) in [6, 6.07) is 22.5. The van der Waals surface area contributed by atoms with Crippen molar-refractivity contribution >= 4 is 55.0 Å². The Hall–Kier alpha value is -2.29. The molecule has 0 radical (unpaired) electrons. The lowest BCUT2D eigenvalue weighted by Gasteiger charge is -2.24. The van der Waals surface area contributed by atoms with Crippen LogP contribution in [0.15, 0.2) is 93.1 Å². The van der Waals surface area contributed by atoms with Crippen LogP contribution in [-0.2, 0) is 14.8 Å². The first kappa shape index (κ1) is 22.4. The van der Waals surface area contributed by atoms with Crippen LogP contribution in [0.2, 0.25) is 0 Å². The second-order valence-corrected chi connectivity index (χ2v) is 10.4. The van der Waals surface area contributed by atoms with Crippen LogP contribution in [-0.4, -0.2) is 26.6 Å². The average Bonchev–Trinajstić information content (AvgIpc) is 2.74. The number of hydrogen-bond donors (Lipinski definition) is 1. The number of amides is 1. The Morgan fingerprint density at radius 3 is 2.40 bits per heavy atom. The summed E-state index contributed by atoms with van der Waals surface area (Å²) in [5, 5.41) is 2.86. The minimum atomic E-state index is -3.93. The number of nitrogens with one attached hydrogen (secondary N) is 1. The molecule has 0 fully saturated rings. The number of sulfonamides is 1. The monoisotopic (exact) mass is 504 g/mol. The van der Waals surface area contributed by atoms with Gasteiger partial charge in [-0.2, -0.15) is 0 Å². The minimum absolute atomic E-state index is 0.125. The van der Waals surface area contributed by atoms with E-state index >= 15 is 0 Å². The SMILES string of the molecule is CCSc1ccccc1NC(=O)CN(c1cccc(Br)c1)S(=O)(=O)c1ccccc1. The van der Waals surface area contributed by atoms with Crippen LogP contribution in [0.4, 0.5) is 11.4 Å². The average molecular weight is 505 g/mol. The van der Waals surface area contributed by atoms with Gasteiger partial charge in [0.15, 0.2) is 0 Å². The Morgan fingerprint density at radius 2 is 1.70 bits per heavy atom. The molecule has 3 aromatic rings. The molecule has 3 rings (SSSR count). The van der Waals surface area contributed by atoms with Gasteiger partial charge in [-0.3, -0.25) is 9.10 Å². The lowest BCUT2D eigenvalue weighted by Crippen LogP contribution is -2.38. The van der Waals surface area contributed by atoms with Crippen LogP contribution >= 0.6 is 27.7 Å². The number of para-hydroxylation sites is 1. The van der Waals surface area contributed by atoms with E-state index in [4.69, 9.17) is 0 Å². The highest BCUT2D eigenvalue weighted by Crippen LogP contribution is 2.28. The minimum Gasteiger partial charge on any atom is -0.323 e. The van der Waals surface area contributed by atoms with Crippen molar-refractivity contribution in [3.8, 4) is 0 Å². The fourth-order valence-corrected chi connectivity index (χ4v) is 5.42. The molecule has 0 atom stereocenters. The maximum absolute atomic E-state index is 13.3. The fraction of sp³-hybridized carbons (Fsp3) is 0.136. The molecule has 0 bridgehead atoms. The summed E-state index contributed by atoms with van der Waals surface area (Å²) in [5.41, 5.74) is 1.07. The van der Waals surface area contributed by atoms with Gasteiger partial charge in [0.1, 0.15) is 6.54 Å². The largest absolute Gasteiger partial charge is 0.323 e. The Bertz CT molecular complexity index is 1120. The maximum Gasteiger partial charge on any atom is 0.264 e. The molecule has 3 aromatic carbocycles. The lowest BCUT2D eigenvalue weighted by atomic mass is 10.3. The molecular weight excluding hydrogens is 484 g/mol. The molecule has 0 saturated carbocycles. The molecule has 0 unspecified atom stereocenters. The zero-order valence-electron chi connectivity index (χ0n) is 16.3. The summed E-state index contributed by atoms with van der Waals surface area (Å²) in [6.45, 7) is 1.68. The molecule has 0 heterocycles. The third-order valence-electron chi connectivity index (χ3n) is 4.18. The van der Waals surface area contributed by atoms with Gasteiger partial charge in [0.25, 0.3) is 10.0 Å². The number of carbonyl (C=O) groups excluding carboxylic acids is 1. The van der Waals surface area contributed by atoms with Gasteiger partial charge in [-0.15, -0.1) is 11.8 Å². The molecule has 0 aliphatic rings. The summed E-state index contributed by atoms with van der Waals surface area (Å²) >= 11 is 4.99. The van der Waals surface area contributed by atoms with E-state index in [0.29, 0.717) is 11.4 Å². The van der Waals surface area contributed by atoms with Gasteiger partial charge in [-0.1, -0.05) is 59.3 Å². The summed E-state index contributed by atoms with van der Waals surface area (Å²) in [4.78, 5) is 13.9. The van der Waals surface area contributed by atoms with E-state index in [-0.39, 0.29) is 11.4 Å². The predicted molar refractivity (Wildman–Crippen MR) is 127 cm³/mol. The Kier molecular flexibility index (Phi) is 7.58. The molecule has 5 nitrogen and oxygen atoms in total. The lowest BCUT2D eigenvalue weighted by molar-refractivity contribution is -0.114. The molecular formula is C22H21BrN2O3S2. The molecule has 0 aliphatic heterocycles. The maximum atomic E-state index is 13.3. The van der Waals surface area contributed by atoms with Crippen molar-refractivity contribution in [2.24, 2.45) is 0 Å². The van der Waals surface area contributed by atoms with Crippen molar-refractivity contribution in [1.29, 1.82) is 0 Å². The number of halogens is 1. The first-order valence-electron chi connectivity index (χ1n) is 9.27. The van der Waals surface area contributed by atoms with E-state index in [1.54, 1.807) is 54.2 Å². The number of anilines is 2. The molecule has 8 heteroatoms. The normalized spacial score (nSPS) is 11.1. The highest BCUT2D eigenvalue weighted by Gasteiger charge is 2.27. The number of carbonyl (C=O) groups is 1. The second kappa shape index (κ2) is 10.1. The number of nitrogens with zero attached hydrogens (tertiary/aromatic N) is 1. The van der Waals surface area contributed by atoms with Crippen LogP contribution < -0.4 is 9.62 Å². The van der Waals surface area contributed by atoms with Crippen LogP contribution in [0, 0.1) is 0 Å². The van der Waals surface area contributed by atoms with E-state index in [1.165, 1.54) is 12.1 Å². The topological polar surface area (TPSA) is 66.5 Å². The molecule has 1 amide bonds. The van der Waals surface area contributed by atoms with Gasteiger partial charge in [0.05, 0.1) is 16.3 Å². The van der Waals surface area contributed by atoms with Crippen LogP contribution in [0.25, 0.3) is 0 Å². The van der Waals surface area contributed by atoms with Crippen molar-refractivity contribution in [2.75, 3.05) is 21.9 Å². The number of rotatable bonds is 8. The predicted octanol–water partition coefficient (Wildman–Crippen LogP) is 5.40. The molecule has 156 valence electrons. The van der Waals surface area contributed by atoms with Crippen LogP contribution in [0.1, 0.15) is 6.92 Å². The van der Waals surface area contributed by atoms with Gasteiger partial charge in [0, 0.05) is 9.37 Å². The zero-order chi connectivity index (χ0) is 21.6. The van der Waals surface area contributed by atoms with Crippen molar-refractivity contribution in [1.82, 2.24) is 0 Å². The number of hydrogen-bond acceptors (Lipinski definition) is 4. The van der Waals surface area contributed by atoms with Crippen LogP contribution in [0.5, 0.6) is 0 Å². The Balaban J connectivity index is 1.93. The molecule has 1 N–H and O–H groups in total. The van der Waals surface area contributed by atoms with Gasteiger partial charge in [0.2, 0.25) is 5.91 Å². The van der Waals surface area contributed by atoms with E-state index < -0.39 is 15.9 Å². The Labute approximate surface area is 189 Å². The first-order valence-corrected chi connectivity index (χ1v) is 12.5. The van der Waals surface area contributed by atoms with Gasteiger partial charge < -0.3 is 5.32 Å².